The summed E-state index contributed by atoms with van der Waals surface area (Å²) in [7, 11) is 0. The van der Waals surface area contributed by atoms with Gasteiger partial charge >= 0.3 is 0 Å². The number of allylic oxidation sites excluding steroid dienone is 1. The zero-order valence-electron chi connectivity index (χ0n) is 13.3. The van der Waals surface area contributed by atoms with Crippen molar-refractivity contribution in [2.24, 2.45) is 0 Å². The number of fused-ring (bicyclic) bond motifs is 1. The SMILES string of the molecule is O=C(CN1C(=O)c2cccc(F)c2C1=O)NCCC1=CCCCC1. The van der Waals surface area contributed by atoms with E-state index >= 15 is 0 Å². The second-order valence-corrected chi connectivity index (χ2v) is 6.07. The molecule has 0 spiro atoms. The Morgan fingerprint density at radius 2 is 2.04 bits per heavy atom. The molecule has 126 valence electrons. The maximum absolute atomic E-state index is 13.7. The summed E-state index contributed by atoms with van der Waals surface area (Å²) < 4.78 is 13.7. The van der Waals surface area contributed by atoms with Gasteiger partial charge in [-0.2, -0.15) is 0 Å². The summed E-state index contributed by atoms with van der Waals surface area (Å²) >= 11 is 0. The molecule has 0 aromatic heterocycles. The number of nitrogens with one attached hydrogen (secondary N) is 1. The number of halogens is 1. The molecule has 0 fully saturated rings. The molecule has 0 unspecified atom stereocenters. The van der Waals surface area contributed by atoms with Gasteiger partial charge in [-0.3, -0.25) is 19.3 Å². The van der Waals surface area contributed by atoms with Gasteiger partial charge in [-0.1, -0.05) is 17.7 Å². The highest BCUT2D eigenvalue weighted by Gasteiger charge is 2.38. The average molecular weight is 330 g/mol. The summed E-state index contributed by atoms with van der Waals surface area (Å²) in [4.78, 5) is 37.1. The fourth-order valence-electron chi connectivity index (χ4n) is 3.13. The third-order valence-electron chi connectivity index (χ3n) is 4.40. The minimum absolute atomic E-state index is 0.0140. The maximum atomic E-state index is 13.7. The fraction of sp³-hybridized carbons (Fsp3) is 0.389. The lowest BCUT2D eigenvalue weighted by Gasteiger charge is -2.15. The molecule has 0 saturated carbocycles. The minimum atomic E-state index is -0.752. The van der Waals surface area contributed by atoms with E-state index in [4.69, 9.17) is 0 Å². The highest BCUT2D eigenvalue weighted by atomic mass is 19.1. The first-order valence-electron chi connectivity index (χ1n) is 8.17. The van der Waals surface area contributed by atoms with Crippen molar-refractivity contribution in [3.05, 3.63) is 46.8 Å². The molecule has 1 aliphatic carbocycles. The molecule has 5 nitrogen and oxygen atoms in total. The molecule has 1 heterocycles. The van der Waals surface area contributed by atoms with Crippen molar-refractivity contribution >= 4 is 17.7 Å². The number of carbonyl (C=O) groups is 3. The third kappa shape index (κ3) is 3.22. The first-order chi connectivity index (χ1) is 11.6. The average Bonchev–Trinajstić information content (AvgIpc) is 2.82. The quantitative estimate of drug-likeness (QED) is 0.666. The van der Waals surface area contributed by atoms with E-state index in [-0.39, 0.29) is 17.7 Å². The van der Waals surface area contributed by atoms with E-state index in [0.29, 0.717) is 6.54 Å². The van der Waals surface area contributed by atoms with Crippen molar-refractivity contribution in [2.75, 3.05) is 13.1 Å². The molecular formula is C18H19FN2O3. The Bertz CT molecular complexity index is 727. The molecule has 0 saturated heterocycles. The third-order valence-corrected chi connectivity index (χ3v) is 4.40. The van der Waals surface area contributed by atoms with Crippen LogP contribution in [0.5, 0.6) is 0 Å². The Morgan fingerprint density at radius 3 is 2.75 bits per heavy atom. The number of nitrogens with zero attached hydrogens (tertiary/aromatic N) is 1. The number of benzene rings is 1. The summed E-state index contributed by atoms with van der Waals surface area (Å²) in [6.07, 6.45) is 7.54. The molecule has 1 aromatic rings. The minimum Gasteiger partial charge on any atom is -0.354 e. The molecule has 0 atom stereocenters. The lowest BCUT2D eigenvalue weighted by Crippen LogP contribution is -2.40. The number of hydrogen-bond donors (Lipinski definition) is 1. The topological polar surface area (TPSA) is 66.5 Å². The van der Waals surface area contributed by atoms with Crippen molar-refractivity contribution in [1.29, 1.82) is 0 Å². The molecular weight excluding hydrogens is 311 g/mol. The standard InChI is InChI=1S/C18H19FN2O3/c19-14-8-4-7-13-16(14)18(24)21(17(13)23)11-15(22)20-10-9-12-5-2-1-3-6-12/h4-5,7-8H,1-3,6,9-11H2,(H,20,22). The summed E-state index contributed by atoms with van der Waals surface area (Å²) in [5.41, 5.74) is 1.10. The number of imide groups is 1. The summed E-state index contributed by atoms with van der Waals surface area (Å²) in [6.45, 7) is 0.0903. The van der Waals surface area contributed by atoms with Gasteiger partial charge in [0.2, 0.25) is 5.91 Å². The molecule has 3 rings (SSSR count). The van der Waals surface area contributed by atoms with Crippen LogP contribution in [0.4, 0.5) is 4.39 Å². The molecule has 1 aliphatic heterocycles. The fourth-order valence-corrected chi connectivity index (χ4v) is 3.13. The van der Waals surface area contributed by atoms with Crippen LogP contribution in [0.1, 0.15) is 52.8 Å². The molecule has 0 bridgehead atoms. The van der Waals surface area contributed by atoms with Crippen LogP contribution < -0.4 is 5.32 Å². The van der Waals surface area contributed by atoms with Crippen LogP contribution in [-0.4, -0.2) is 35.7 Å². The maximum Gasteiger partial charge on any atom is 0.265 e. The van der Waals surface area contributed by atoms with E-state index in [2.05, 4.69) is 11.4 Å². The normalized spacial score (nSPS) is 16.9. The second-order valence-electron chi connectivity index (χ2n) is 6.07. The zero-order valence-corrected chi connectivity index (χ0v) is 13.3. The number of amides is 3. The molecule has 2 aliphatic rings. The highest BCUT2D eigenvalue weighted by Crippen LogP contribution is 2.25. The smallest absolute Gasteiger partial charge is 0.265 e. The van der Waals surface area contributed by atoms with Crippen molar-refractivity contribution in [2.45, 2.75) is 32.1 Å². The van der Waals surface area contributed by atoms with E-state index in [9.17, 15) is 18.8 Å². The van der Waals surface area contributed by atoms with Gasteiger partial charge in [-0.25, -0.2) is 4.39 Å². The monoisotopic (exact) mass is 330 g/mol. The van der Waals surface area contributed by atoms with E-state index in [1.807, 2.05) is 0 Å². The van der Waals surface area contributed by atoms with Crippen molar-refractivity contribution in [3.63, 3.8) is 0 Å². The number of hydrogen-bond acceptors (Lipinski definition) is 3. The Morgan fingerprint density at radius 1 is 1.21 bits per heavy atom. The molecule has 3 amide bonds. The Kier molecular flexibility index (Phi) is 4.74. The van der Waals surface area contributed by atoms with Gasteiger partial charge in [0, 0.05) is 6.54 Å². The second kappa shape index (κ2) is 6.95. The highest BCUT2D eigenvalue weighted by molar-refractivity contribution is 6.22. The van der Waals surface area contributed by atoms with Gasteiger partial charge in [0.25, 0.3) is 11.8 Å². The van der Waals surface area contributed by atoms with E-state index in [1.165, 1.54) is 30.5 Å². The molecule has 1 aromatic carbocycles. The zero-order chi connectivity index (χ0) is 17.1. The van der Waals surface area contributed by atoms with Crippen LogP contribution >= 0.6 is 0 Å². The van der Waals surface area contributed by atoms with Crippen molar-refractivity contribution < 1.29 is 18.8 Å². The van der Waals surface area contributed by atoms with E-state index in [1.54, 1.807) is 0 Å². The van der Waals surface area contributed by atoms with Crippen LogP contribution in [0.3, 0.4) is 0 Å². The molecule has 0 radical (unpaired) electrons. The van der Waals surface area contributed by atoms with Gasteiger partial charge in [0.15, 0.2) is 0 Å². The van der Waals surface area contributed by atoms with Gasteiger partial charge in [0.1, 0.15) is 12.4 Å². The molecule has 6 heteroatoms. The van der Waals surface area contributed by atoms with Crippen molar-refractivity contribution in [3.8, 4) is 0 Å². The predicted molar refractivity (Wildman–Crippen MR) is 85.9 cm³/mol. The predicted octanol–water partition coefficient (Wildman–Crippen LogP) is 2.43. The van der Waals surface area contributed by atoms with Crippen LogP contribution in [-0.2, 0) is 4.79 Å². The van der Waals surface area contributed by atoms with E-state index in [0.717, 1.165) is 30.2 Å². The lowest BCUT2D eigenvalue weighted by atomic mass is 9.97. The summed E-state index contributed by atoms with van der Waals surface area (Å²) in [5, 5.41) is 2.72. The first-order valence-corrected chi connectivity index (χ1v) is 8.17. The van der Waals surface area contributed by atoms with Crippen LogP contribution in [0.15, 0.2) is 29.8 Å². The molecule has 1 N–H and O–H groups in total. The van der Waals surface area contributed by atoms with Gasteiger partial charge < -0.3 is 5.32 Å². The Labute approximate surface area is 139 Å². The Hall–Kier alpha value is -2.50. The number of carbonyl (C=O) groups excluding carboxylic acids is 3. The van der Waals surface area contributed by atoms with Crippen LogP contribution in [0.2, 0.25) is 0 Å². The molecule has 24 heavy (non-hydrogen) atoms. The first kappa shape index (κ1) is 16.4. The van der Waals surface area contributed by atoms with Gasteiger partial charge in [-0.05, 0) is 44.2 Å². The van der Waals surface area contributed by atoms with Crippen LogP contribution in [0, 0.1) is 5.82 Å². The van der Waals surface area contributed by atoms with Crippen molar-refractivity contribution in [1.82, 2.24) is 10.2 Å². The van der Waals surface area contributed by atoms with Crippen LogP contribution in [0.25, 0.3) is 0 Å². The van der Waals surface area contributed by atoms with E-state index < -0.39 is 23.5 Å². The Balaban J connectivity index is 1.55. The van der Waals surface area contributed by atoms with Gasteiger partial charge in [0.05, 0.1) is 11.1 Å². The summed E-state index contributed by atoms with van der Waals surface area (Å²) in [6, 6.07) is 3.90. The summed E-state index contributed by atoms with van der Waals surface area (Å²) in [5.74, 6) is -2.53. The van der Waals surface area contributed by atoms with Gasteiger partial charge in [-0.15, -0.1) is 0 Å². The number of rotatable bonds is 5. The largest absolute Gasteiger partial charge is 0.354 e. The lowest BCUT2D eigenvalue weighted by molar-refractivity contribution is -0.121.